The van der Waals surface area contributed by atoms with Gasteiger partial charge in [0.2, 0.25) is 5.91 Å². The number of likely N-dealkylation sites (tertiary alicyclic amines) is 1. The first-order valence-corrected chi connectivity index (χ1v) is 12.9. The van der Waals surface area contributed by atoms with Gasteiger partial charge in [0.1, 0.15) is 0 Å². The molecular formula is C29H38N2O3. The van der Waals surface area contributed by atoms with Crippen molar-refractivity contribution in [2.45, 2.75) is 76.2 Å². The van der Waals surface area contributed by atoms with E-state index in [-0.39, 0.29) is 12.3 Å². The van der Waals surface area contributed by atoms with Gasteiger partial charge in [-0.15, -0.1) is 0 Å². The predicted octanol–water partition coefficient (Wildman–Crippen LogP) is 5.17. The molecule has 1 atom stereocenters. The van der Waals surface area contributed by atoms with Gasteiger partial charge in [-0.2, -0.15) is 0 Å². The van der Waals surface area contributed by atoms with Crippen LogP contribution in [0.2, 0.25) is 0 Å². The van der Waals surface area contributed by atoms with Gasteiger partial charge < -0.3 is 15.3 Å². The highest BCUT2D eigenvalue weighted by molar-refractivity contribution is 5.88. The first-order chi connectivity index (χ1) is 16.5. The molecule has 2 fully saturated rings. The van der Waals surface area contributed by atoms with Gasteiger partial charge in [-0.25, -0.2) is 0 Å². The van der Waals surface area contributed by atoms with Crippen LogP contribution in [0.25, 0.3) is 11.1 Å². The Morgan fingerprint density at radius 3 is 2.24 bits per heavy atom. The quantitative estimate of drug-likeness (QED) is 0.478. The Balaban J connectivity index is 1.39. The second-order valence-electron chi connectivity index (χ2n) is 10.1. The van der Waals surface area contributed by atoms with E-state index in [1.54, 1.807) is 0 Å². The van der Waals surface area contributed by atoms with Gasteiger partial charge in [0.15, 0.2) is 0 Å². The SMILES string of the molecule is CC1CCCN1CCc1ccc(-c2ccc(C3(C(=O)NCCCC(=O)O)CCCC3)cc2)cc1. The van der Waals surface area contributed by atoms with Crippen molar-refractivity contribution < 1.29 is 14.7 Å². The van der Waals surface area contributed by atoms with Crippen molar-refractivity contribution in [3.63, 3.8) is 0 Å². The molecule has 5 nitrogen and oxygen atoms in total. The zero-order valence-electron chi connectivity index (χ0n) is 20.4. The van der Waals surface area contributed by atoms with Gasteiger partial charge in [-0.3, -0.25) is 9.59 Å². The number of aliphatic carboxylic acids is 1. The van der Waals surface area contributed by atoms with Crippen molar-refractivity contribution >= 4 is 11.9 Å². The summed E-state index contributed by atoms with van der Waals surface area (Å²) in [5.74, 6) is -0.783. The standard InChI is InChI=1S/C29H38N2O3/c1-22-6-5-20-31(22)21-16-23-8-10-24(11-9-23)25-12-14-26(15-13-25)29(17-2-3-18-29)28(34)30-19-4-7-27(32)33/h8-15,22H,2-7,16-21H2,1H3,(H,30,34)(H,32,33). The van der Waals surface area contributed by atoms with Crippen LogP contribution in [0.5, 0.6) is 0 Å². The Morgan fingerprint density at radius 1 is 1.00 bits per heavy atom. The number of rotatable bonds is 10. The molecule has 0 spiro atoms. The molecule has 2 aromatic carbocycles. The maximum atomic E-state index is 13.1. The van der Waals surface area contributed by atoms with E-state index in [2.05, 4.69) is 65.7 Å². The van der Waals surface area contributed by atoms with Crippen LogP contribution in [0.1, 0.15) is 69.4 Å². The van der Waals surface area contributed by atoms with Crippen LogP contribution in [-0.4, -0.2) is 47.6 Å². The fourth-order valence-electron chi connectivity index (χ4n) is 5.68. The molecule has 2 aromatic rings. The average molecular weight is 463 g/mol. The number of carbonyl (C=O) groups excluding carboxylic acids is 1. The second kappa shape index (κ2) is 11.2. The molecule has 1 aliphatic carbocycles. The van der Waals surface area contributed by atoms with Crippen LogP contribution in [0, 0.1) is 0 Å². The van der Waals surface area contributed by atoms with Crippen LogP contribution >= 0.6 is 0 Å². The molecule has 34 heavy (non-hydrogen) atoms. The lowest BCUT2D eigenvalue weighted by Gasteiger charge is -2.28. The smallest absolute Gasteiger partial charge is 0.303 e. The lowest BCUT2D eigenvalue weighted by molar-refractivity contribution is -0.137. The molecule has 0 bridgehead atoms. The number of hydrogen-bond acceptors (Lipinski definition) is 3. The summed E-state index contributed by atoms with van der Waals surface area (Å²) in [6.45, 7) is 5.11. The van der Waals surface area contributed by atoms with Crippen LogP contribution in [-0.2, 0) is 21.4 Å². The van der Waals surface area contributed by atoms with Crippen molar-refractivity contribution in [3.05, 3.63) is 59.7 Å². The molecule has 4 rings (SSSR count). The van der Waals surface area contributed by atoms with Gasteiger partial charge in [0.25, 0.3) is 0 Å². The first-order valence-electron chi connectivity index (χ1n) is 12.9. The van der Waals surface area contributed by atoms with Crippen molar-refractivity contribution in [3.8, 4) is 11.1 Å². The highest BCUT2D eigenvalue weighted by atomic mass is 16.4. The Morgan fingerprint density at radius 2 is 1.65 bits per heavy atom. The van der Waals surface area contributed by atoms with Crippen LogP contribution in [0.15, 0.2) is 48.5 Å². The minimum Gasteiger partial charge on any atom is -0.481 e. The topological polar surface area (TPSA) is 69.6 Å². The number of nitrogens with one attached hydrogen (secondary N) is 1. The molecule has 1 saturated heterocycles. The Bertz CT molecular complexity index is 962. The van der Waals surface area contributed by atoms with E-state index in [1.807, 2.05) is 0 Å². The van der Waals surface area contributed by atoms with Gasteiger partial charge in [0.05, 0.1) is 5.41 Å². The van der Waals surface area contributed by atoms with Gasteiger partial charge in [0, 0.05) is 25.6 Å². The molecule has 5 heteroatoms. The fraction of sp³-hybridized carbons (Fsp3) is 0.517. The zero-order chi connectivity index (χ0) is 24.0. The summed E-state index contributed by atoms with van der Waals surface area (Å²) < 4.78 is 0. The van der Waals surface area contributed by atoms with E-state index in [9.17, 15) is 9.59 Å². The maximum absolute atomic E-state index is 13.1. The molecule has 182 valence electrons. The monoisotopic (exact) mass is 462 g/mol. The van der Waals surface area contributed by atoms with Crippen molar-refractivity contribution in [2.75, 3.05) is 19.6 Å². The van der Waals surface area contributed by atoms with E-state index in [4.69, 9.17) is 5.11 Å². The third kappa shape index (κ3) is 5.69. The summed E-state index contributed by atoms with van der Waals surface area (Å²) >= 11 is 0. The van der Waals surface area contributed by atoms with Crippen LogP contribution < -0.4 is 5.32 Å². The first kappa shape index (κ1) is 24.5. The summed E-state index contributed by atoms with van der Waals surface area (Å²) in [6, 6.07) is 18.1. The maximum Gasteiger partial charge on any atom is 0.303 e. The highest BCUT2D eigenvalue weighted by Gasteiger charge is 2.42. The lowest BCUT2D eigenvalue weighted by atomic mass is 9.77. The molecule has 2 N–H and O–H groups in total. The normalized spacial score (nSPS) is 19.9. The molecule has 0 aromatic heterocycles. The van der Waals surface area contributed by atoms with Gasteiger partial charge in [-0.1, -0.05) is 61.4 Å². The summed E-state index contributed by atoms with van der Waals surface area (Å²) in [7, 11) is 0. The summed E-state index contributed by atoms with van der Waals surface area (Å²) in [5, 5.41) is 11.8. The summed E-state index contributed by atoms with van der Waals surface area (Å²) in [4.78, 5) is 26.4. The number of hydrogen-bond donors (Lipinski definition) is 2. The van der Waals surface area contributed by atoms with Crippen molar-refractivity contribution in [2.24, 2.45) is 0 Å². The van der Waals surface area contributed by atoms with Crippen molar-refractivity contribution in [1.82, 2.24) is 10.2 Å². The number of carboxylic acids is 1. The third-order valence-electron chi connectivity index (χ3n) is 7.85. The molecule has 0 radical (unpaired) electrons. The van der Waals surface area contributed by atoms with Crippen LogP contribution in [0.4, 0.5) is 0 Å². The third-order valence-corrected chi connectivity index (χ3v) is 7.85. The molecule has 1 unspecified atom stereocenters. The summed E-state index contributed by atoms with van der Waals surface area (Å²) in [6.07, 6.45) is 8.06. The van der Waals surface area contributed by atoms with Gasteiger partial charge in [-0.05, 0) is 74.2 Å². The lowest BCUT2D eigenvalue weighted by Crippen LogP contribution is -2.43. The predicted molar refractivity (Wildman–Crippen MR) is 136 cm³/mol. The van der Waals surface area contributed by atoms with Crippen molar-refractivity contribution in [1.29, 1.82) is 0 Å². The number of nitrogens with zero attached hydrogens (tertiary/aromatic N) is 1. The molecule has 2 aliphatic rings. The Labute approximate surface area is 203 Å². The Kier molecular flexibility index (Phi) is 8.04. The zero-order valence-corrected chi connectivity index (χ0v) is 20.4. The van der Waals surface area contributed by atoms with E-state index in [0.29, 0.717) is 19.0 Å². The number of benzene rings is 2. The van der Waals surface area contributed by atoms with E-state index >= 15 is 0 Å². The number of carboxylic acid groups (broad SMARTS) is 1. The van der Waals surface area contributed by atoms with E-state index < -0.39 is 11.4 Å². The Hall–Kier alpha value is -2.66. The largest absolute Gasteiger partial charge is 0.481 e. The second-order valence-corrected chi connectivity index (χ2v) is 10.1. The van der Waals surface area contributed by atoms with E-state index in [0.717, 1.165) is 44.2 Å². The molecule has 1 amide bonds. The average Bonchev–Trinajstić information content (AvgIpc) is 3.51. The summed E-state index contributed by atoms with van der Waals surface area (Å²) in [5.41, 5.74) is 4.32. The van der Waals surface area contributed by atoms with Gasteiger partial charge >= 0.3 is 5.97 Å². The molecule has 1 heterocycles. The van der Waals surface area contributed by atoms with E-state index in [1.165, 1.54) is 36.1 Å². The molecule has 1 aliphatic heterocycles. The number of amides is 1. The highest BCUT2D eigenvalue weighted by Crippen LogP contribution is 2.42. The minimum absolute atomic E-state index is 0.0415. The molecular weight excluding hydrogens is 424 g/mol. The number of carbonyl (C=O) groups is 2. The molecule has 1 saturated carbocycles. The minimum atomic E-state index is -0.824. The van der Waals surface area contributed by atoms with Crippen LogP contribution in [0.3, 0.4) is 0 Å². The fourth-order valence-corrected chi connectivity index (χ4v) is 5.68.